The number of carboxylic acids is 1. The molecule has 0 heterocycles. The van der Waals surface area contributed by atoms with E-state index in [1.165, 1.54) is 0 Å². The van der Waals surface area contributed by atoms with Crippen LogP contribution in [0.1, 0.15) is 32.3 Å². The van der Waals surface area contributed by atoms with Crippen LogP contribution in [-0.2, 0) is 20.9 Å². The first-order valence-corrected chi connectivity index (χ1v) is 8.46. The fourth-order valence-electron chi connectivity index (χ4n) is 4.51. The SMILES string of the molecule is CC12CC[C@@](N)(C(=O)OCc3ccc(Cl)cc3Cl)C1(C)C2C(=O)O. The lowest BCUT2D eigenvalue weighted by molar-refractivity contribution is -0.155. The lowest BCUT2D eigenvalue weighted by Crippen LogP contribution is -2.55. The van der Waals surface area contributed by atoms with Gasteiger partial charge in [0.05, 0.1) is 5.92 Å². The Kier molecular flexibility index (Phi) is 3.90. The minimum Gasteiger partial charge on any atom is -0.481 e. The van der Waals surface area contributed by atoms with Crippen molar-refractivity contribution in [3.8, 4) is 0 Å². The molecular weight excluding hydrogens is 353 g/mol. The van der Waals surface area contributed by atoms with Gasteiger partial charge >= 0.3 is 11.9 Å². The minimum atomic E-state index is -1.30. The number of esters is 1. The summed E-state index contributed by atoms with van der Waals surface area (Å²) in [6, 6.07) is 4.91. The first-order valence-electron chi connectivity index (χ1n) is 7.71. The zero-order valence-electron chi connectivity index (χ0n) is 13.4. The van der Waals surface area contributed by atoms with Crippen LogP contribution in [0.5, 0.6) is 0 Å². The first kappa shape index (κ1) is 17.5. The molecule has 3 unspecified atom stereocenters. The van der Waals surface area contributed by atoms with Gasteiger partial charge in [0.2, 0.25) is 0 Å². The highest BCUT2D eigenvalue weighted by molar-refractivity contribution is 6.35. The van der Waals surface area contributed by atoms with E-state index in [9.17, 15) is 14.7 Å². The van der Waals surface area contributed by atoms with E-state index in [1.807, 2.05) is 6.92 Å². The van der Waals surface area contributed by atoms with E-state index in [2.05, 4.69) is 0 Å². The van der Waals surface area contributed by atoms with Gasteiger partial charge in [-0.15, -0.1) is 0 Å². The Bertz CT molecular complexity index is 739. The van der Waals surface area contributed by atoms with E-state index < -0.39 is 34.2 Å². The molecule has 5 nitrogen and oxygen atoms in total. The number of ether oxygens (including phenoxy) is 1. The third-order valence-corrected chi connectivity index (χ3v) is 6.85. The van der Waals surface area contributed by atoms with Gasteiger partial charge in [0.25, 0.3) is 0 Å². The first-order chi connectivity index (χ1) is 11.1. The van der Waals surface area contributed by atoms with Crippen molar-refractivity contribution in [3.05, 3.63) is 33.8 Å². The van der Waals surface area contributed by atoms with Crippen molar-refractivity contribution in [2.45, 2.75) is 38.8 Å². The largest absolute Gasteiger partial charge is 0.481 e. The van der Waals surface area contributed by atoms with Crippen molar-refractivity contribution in [2.75, 3.05) is 0 Å². The van der Waals surface area contributed by atoms with Gasteiger partial charge in [0, 0.05) is 21.0 Å². The number of carboxylic acid groups (broad SMARTS) is 1. The summed E-state index contributed by atoms with van der Waals surface area (Å²) in [6.45, 7) is 3.62. The van der Waals surface area contributed by atoms with Crippen molar-refractivity contribution in [3.63, 3.8) is 0 Å². The fourth-order valence-corrected chi connectivity index (χ4v) is 4.97. The van der Waals surface area contributed by atoms with Crippen LogP contribution in [-0.4, -0.2) is 22.6 Å². The number of hydrogen-bond acceptors (Lipinski definition) is 4. The highest BCUT2D eigenvalue weighted by Gasteiger charge is 2.85. The molecule has 1 aromatic rings. The summed E-state index contributed by atoms with van der Waals surface area (Å²) >= 11 is 11.9. The van der Waals surface area contributed by atoms with E-state index in [4.69, 9.17) is 33.7 Å². The maximum absolute atomic E-state index is 12.7. The standard InChI is InChI=1S/C17H19Cl2NO4/c1-15-5-6-17(20,16(15,2)12(15)13(21)22)14(23)24-8-9-3-4-10(18)7-11(9)19/h3-4,7,12H,5-6,8,20H2,1-2H3,(H,21,22)/t12?,15?,16?,17-/m1/s1. The van der Waals surface area contributed by atoms with Crippen LogP contribution >= 0.6 is 23.2 Å². The summed E-state index contributed by atoms with van der Waals surface area (Å²) < 4.78 is 5.39. The molecule has 0 saturated heterocycles. The summed E-state index contributed by atoms with van der Waals surface area (Å²) in [5.74, 6) is -2.12. The Hall–Kier alpha value is -1.30. The average molecular weight is 372 g/mol. The zero-order chi connectivity index (χ0) is 17.9. The van der Waals surface area contributed by atoms with Gasteiger partial charge in [-0.3, -0.25) is 9.59 Å². The molecule has 0 bridgehead atoms. The van der Waals surface area contributed by atoms with E-state index in [1.54, 1.807) is 25.1 Å². The fraction of sp³-hybridized carbons (Fsp3) is 0.529. The Morgan fingerprint density at radius 3 is 2.54 bits per heavy atom. The highest BCUT2D eigenvalue weighted by Crippen LogP contribution is 2.80. The van der Waals surface area contributed by atoms with Crippen LogP contribution in [0.3, 0.4) is 0 Å². The quantitative estimate of drug-likeness (QED) is 0.792. The van der Waals surface area contributed by atoms with Crippen LogP contribution in [0.15, 0.2) is 18.2 Å². The molecule has 2 aliphatic carbocycles. The number of carbonyl (C=O) groups is 2. The lowest BCUT2D eigenvalue weighted by Gasteiger charge is -2.31. The van der Waals surface area contributed by atoms with Crippen LogP contribution in [0.25, 0.3) is 0 Å². The van der Waals surface area contributed by atoms with Crippen LogP contribution in [0.4, 0.5) is 0 Å². The molecule has 0 aromatic heterocycles. The molecule has 2 aliphatic rings. The summed E-state index contributed by atoms with van der Waals surface area (Å²) in [4.78, 5) is 24.2. The number of nitrogens with two attached hydrogens (primary N) is 1. The summed E-state index contributed by atoms with van der Waals surface area (Å²) in [5, 5.41) is 10.3. The molecule has 24 heavy (non-hydrogen) atoms. The maximum Gasteiger partial charge on any atom is 0.327 e. The number of benzene rings is 1. The Balaban J connectivity index is 1.77. The second-order valence-corrected chi connectivity index (χ2v) is 8.02. The van der Waals surface area contributed by atoms with Crippen molar-refractivity contribution in [1.29, 1.82) is 0 Å². The van der Waals surface area contributed by atoms with Gasteiger partial charge < -0.3 is 15.6 Å². The van der Waals surface area contributed by atoms with Gasteiger partial charge in [0.1, 0.15) is 12.1 Å². The molecule has 0 spiro atoms. The van der Waals surface area contributed by atoms with Crippen LogP contribution in [0.2, 0.25) is 10.0 Å². The maximum atomic E-state index is 12.7. The van der Waals surface area contributed by atoms with Gasteiger partial charge in [-0.2, -0.15) is 0 Å². The number of fused-ring (bicyclic) bond motifs is 1. The summed E-state index contributed by atoms with van der Waals surface area (Å²) in [5.41, 5.74) is 4.42. The van der Waals surface area contributed by atoms with Crippen molar-refractivity contribution >= 4 is 35.1 Å². The molecule has 3 rings (SSSR count). The third kappa shape index (κ3) is 2.11. The van der Waals surface area contributed by atoms with Crippen LogP contribution in [0, 0.1) is 16.7 Å². The van der Waals surface area contributed by atoms with Gasteiger partial charge in [-0.25, -0.2) is 0 Å². The van der Waals surface area contributed by atoms with Crippen molar-refractivity contribution in [2.24, 2.45) is 22.5 Å². The van der Waals surface area contributed by atoms with Crippen LogP contribution < -0.4 is 5.73 Å². The van der Waals surface area contributed by atoms with Gasteiger partial charge in [-0.1, -0.05) is 43.1 Å². The molecular formula is C17H19Cl2NO4. The Morgan fingerprint density at radius 1 is 1.33 bits per heavy atom. The van der Waals surface area contributed by atoms with E-state index in [0.29, 0.717) is 28.5 Å². The average Bonchev–Trinajstić information content (AvgIpc) is 2.93. The monoisotopic (exact) mass is 371 g/mol. The predicted molar refractivity (Wildman–Crippen MR) is 89.8 cm³/mol. The summed E-state index contributed by atoms with van der Waals surface area (Å²) in [6.07, 6.45) is 1.00. The van der Waals surface area contributed by atoms with Gasteiger partial charge in [0.15, 0.2) is 0 Å². The molecule has 2 fully saturated rings. The number of carbonyl (C=O) groups excluding carboxylic acids is 1. The zero-order valence-corrected chi connectivity index (χ0v) is 14.9. The smallest absolute Gasteiger partial charge is 0.327 e. The lowest BCUT2D eigenvalue weighted by atomic mass is 9.81. The normalized spacial score (nSPS) is 37.0. The molecule has 0 amide bonds. The Morgan fingerprint density at radius 2 is 2.00 bits per heavy atom. The number of halogens is 2. The second kappa shape index (κ2) is 5.35. The second-order valence-electron chi connectivity index (χ2n) is 7.17. The third-order valence-electron chi connectivity index (χ3n) is 6.27. The highest BCUT2D eigenvalue weighted by atomic mass is 35.5. The van der Waals surface area contributed by atoms with Crippen molar-refractivity contribution < 1.29 is 19.4 Å². The molecule has 2 saturated carbocycles. The van der Waals surface area contributed by atoms with Crippen molar-refractivity contribution in [1.82, 2.24) is 0 Å². The van der Waals surface area contributed by atoms with E-state index >= 15 is 0 Å². The molecule has 7 heteroatoms. The molecule has 0 radical (unpaired) electrons. The molecule has 0 aliphatic heterocycles. The van der Waals surface area contributed by atoms with E-state index in [0.717, 1.165) is 0 Å². The summed E-state index contributed by atoms with van der Waals surface area (Å²) in [7, 11) is 0. The number of hydrogen-bond donors (Lipinski definition) is 2. The number of rotatable bonds is 4. The Labute approximate surface area is 150 Å². The molecule has 1 aromatic carbocycles. The van der Waals surface area contributed by atoms with E-state index in [-0.39, 0.29) is 6.61 Å². The topological polar surface area (TPSA) is 89.6 Å². The van der Waals surface area contributed by atoms with Gasteiger partial charge in [-0.05, 0) is 30.4 Å². The minimum absolute atomic E-state index is 0.0294. The molecule has 3 N–H and O–H groups in total. The number of aliphatic carboxylic acids is 1. The molecule has 4 atom stereocenters. The molecule has 130 valence electrons. The predicted octanol–water partition coefficient (Wildman–Crippen LogP) is 3.25.